The zero-order chi connectivity index (χ0) is 16.5. The van der Waals surface area contributed by atoms with Crippen molar-refractivity contribution in [1.29, 1.82) is 0 Å². The van der Waals surface area contributed by atoms with Gasteiger partial charge in [-0.3, -0.25) is 0 Å². The molecule has 1 fully saturated rings. The first-order valence-electron chi connectivity index (χ1n) is 7.17. The van der Waals surface area contributed by atoms with Crippen LogP contribution >= 0.6 is 12.6 Å². The summed E-state index contributed by atoms with van der Waals surface area (Å²) in [5.41, 5.74) is 7.15. The Kier molecular flexibility index (Phi) is 4.80. The Morgan fingerprint density at radius 3 is 2.41 bits per heavy atom. The Bertz CT molecular complexity index is 574. The van der Waals surface area contributed by atoms with Gasteiger partial charge in [-0.25, -0.2) is 4.98 Å². The van der Waals surface area contributed by atoms with E-state index in [0.717, 1.165) is 11.2 Å². The molecule has 120 valence electrons. The van der Waals surface area contributed by atoms with Crippen molar-refractivity contribution in [2.24, 2.45) is 0 Å². The zero-order valence-electron chi connectivity index (χ0n) is 13.7. The number of pyridine rings is 1. The Morgan fingerprint density at radius 1 is 1.32 bits per heavy atom. The lowest BCUT2D eigenvalue weighted by molar-refractivity contribution is 0.00578. The molecule has 1 aromatic heterocycles. The Balaban J connectivity index is 2.29. The molecule has 1 aliphatic heterocycles. The number of hydrogen-bond acceptors (Lipinski definition) is 6. The second-order valence-electron chi connectivity index (χ2n) is 6.30. The molecule has 2 rings (SSSR count). The molecule has 0 atom stereocenters. The van der Waals surface area contributed by atoms with Gasteiger partial charge in [0.15, 0.2) is 0 Å². The van der Waals surface area contributed by atoms with E-state index in [0.29, 0.717) is 17.3 Å². The summed E-state index contributed by atoms with van der Waals surface area (Å²) in [6, 6.07) is 3.59. The molecule has 0 spiro atoms. The Hall–Kier alpha value is -1.18. The maximum Gasteiger partial charge on any atom is 0.491 e. The quantitative estimate of drug-likeness (QED) is 0.659. The molecule has 22 heavy (non-hydrogen) atoms. The highest BCUT2D eigenvalue weighted by molar-refractivity contribution is 7.80. The van der Waals surface area contributed by atoms with Crippen LogP contribution < -0.4 is 10.5 Å². The summed E-state index contributed by atoms with van der Waals surface area (Å²) in [5.74, 6) is 0.909. The van der Waals surface area contributed by atoms with Crippen LogP contribution in [-0.2, 0) is 9.31 Å². The number of thiol groups is 1. The molecule has 1 aliphatic rings. The number of anilines is 1. The van der Waals surface area contributed by atoms with Crippen LogP contribution in [0.1, 0.15) is 33.4 Å². The van der Waals surface area contributed by atoms with E-state index in [1.54, 1.807) is 13.2 Å². The number of nitrogen functional groups attached to an aromatic ring is 1. The van der Waals surface area contributed by atoms with Crippen molar-refractivity contribution in [3.63, 3.8) is 0 Å². The lowest BCUT2D eigenvalue weighted by atomic mass is 9.78. The van der Waals surface area contributed by atoms with E-state index in [2.05, 4.69) is 17.6 Å². The second kappa shape index (κ2) is 6.14. The number of hydrogen-bond donors (Lipinski definition) is 2. The van der Waals surface area contributed by atoms with E-state index in [-0.39, 0.29) is 11.2 Å². The molecular weight excluding hydrogens is 299 g/mol. The van der Waals surface area contributed by atoms with Crippen LogP contribution in [0.25, 0.3) is 6.08 Å². The summed E-state index contributed by atoms with van der Waals surface area (Å²) in [6.07, 6.45) is 1.90. The van der Waals surface area contributed by atoms with Gasteiger partial charge in [-0.05, 0) is 51.4 Å². The van der Waals surface area contributed by atoms with E-state index in [9.17, 15) is 0 Å². The monoisotopic (exact) mass is 322 g/mol. The third-order valence-electron chi connectivity index (χ3n) is 4.18. The highest BCUT2D eigenvalue weighted by Crippen LogP contribution is 2.39. The third-order valence-corrected chi connectivity index (χ3v) is 4.54. The van der Waals surface area contributed by atoms with E-state index in [1.807, 2.05) is 39.8 Å². The summed E-state index contributed by atoms with van der Waals surface area (Å²) in [4.78, 5) is 4.35. The van der Waals surface area contributed by atoms with Gasteiger partial charge in [0, 0.05) is 5.75 Å². The van der Waals surface area contributed by atoms with Gasteiger partial charge >= 0.3 is 7.12 Å². The fourth-order valence-electron chi connectivity index (χ4n) is 2.08. The van der Waals surface area contributed by atoms with Gasteiger partial charge < -0.3 is 19.8 Å². The first-order valence-corrected chi connectivity index (χ1v) is 7.81. The highest BCUT2D eigenvalue weighted by atomic mass is 32.1. The van der Waals surface area contributed by atoms with Gasteiger partial charge in [0.1, 0.15) is 0 Å². The largest absolute Gasteiger partial charge is 0.491 e. The van der Waals surface area contributed by atoms with Crippen molar-refractivity contribution >= 4 is 31.5 Å². The van der Waals surface area contributed by atoms with E-state index in [4.69, 9.17) is 19.8 Å². The molecule has 2 N–H and O–H groups in total. The van der Waals surface area contributed by atoms with Gasteiger partial charge in [-0.1, -0.05) is 0 Å². The van der Waals surface area contributed by atoms with Gasteiger partial charge in [0.2, 0.25) is 5.88 Å². The van der Waals surface area contributed by atoms with Crippen LogP contribution in [-0.4, -0.2) is 36.2 Å². The molecule has 0 saturated carbocycles. The summed E-state index contributed by atoms with van der Waals surface area (Å²) >= 11 is 4.39. The van der Waals surface area contributed by atoms with Crippen molar-refractivity contribution in [1.82, 2.24) is 4.98 Å². The Labute approximate surface area is 137 Å². The lowest BCUT2D eigenvalue weighted by Gasteiger charge is -2.32. The minimum Gasteiger partial charge on any atom is -0.480 e. The van der Waals surface area contributed by atoms with E-state index < -0.39 is 7.12 Å². The fourth-order valence-corrected chi connectivity index (χ4v) is 2.32. The average Bonchev–Trinajstić information content (AvgIpc) is 2.66. The number of ether oxygens (including phenoxy) is 1. The predicted octanol–water partition coefficient (Wildman–Crippen LogP) is 2.62. The molecule has 0 aliphatic carbocycles. The summed E-state index contributed by atoms with van der Waals surface area (Å²) in [6.45, 7) is 8.09. The molecule has 7 heteroatoms. The van der Waals surface area contributed by atoms with Crippen LogP contribution in [0.15, 0.2) is 17.6 Å². The van der Waals surface area contributed by atoms with E-state index >= 15 is 0 Å². The fraction of sp³-hybridized carbons (Fsp3) is 0.533. The molecule has 0 radical (unpaired) electrons. The molecule has 0 amide bonds. The SMILES string of the molecule is COc1nc(C=C(CS)B2OC(C)(C)C(C)(C)O2)ccc1N. The van der Waals surface area contributed by atoms with Gasteiger partial charge in [0.25, 0.3) is 0 Å². The van der Waals surface area contributed by atoms with Crippen molar-refractivity contribution in [3.05, 3.63) is 23.3 Å². The number of nitrogens with two attached hydrogens (primary N) is 1. The molecule has 0 aromatic carbocycles. The van der Waals surface area contributed by atoms with Crippen LogP contribution in [0.3, 0.4) is 0 Å². The summed E-state index contributed by atoms with van der Waals surface area (Å²) < 4.78 is 17.2. The van der Waals surface area contributed by atoms with Gasteiger partial charge in [-0.15, -0.1) is 0 Å². The zero-order valence-corrected chi connectivity index (χ0v) is 14.6. The minimum atomic E-state index is -0.437. The molecule has 0 bridgehead atoms. The van der Waals surface area contributed by atoms with Crippen LogP contribution in [0.2, 0.25) is 0 Å². The van der Waals surface area contributed by atoms with Crippen LogP contribution in [0.5, 0.6) is 5.88 Å². The summed E-state index contributed by atoms with van der Waals surface area (Å²) in [5, 5.41) is 0. The lowest BCUT2D eigenvalue weighted by Crippen LogP contribution is -2.41. The molecule has 1 aromatic rings. The maximum atomic E-state index is 6.05. The number of nitrogens with zero attached hydrogens (tertiary/aromatic N) is 1. The van der Waals surface area contributed by atoms with Crippen molar-refractivity contribution < 1.29 is 14.0 Å². The van der Waals surface area contributed by atoms with E-state index in [1.165, 1.54) is 0 Å². The first-order chi connectivity index (χ1) is 10.2. The third kappa shape index (κ3) is 3.26. The van der Waals surface area contributed by atoms with Crippen molar-refractivity contribution in [2.45, 2.75) is 38.9 Å². The molecule has 2 heterocycles. The van der Waals surface area contributed by atoms with Crippen LogP contribution in [0, 0.1) is 0 Å². The molecule has 1 saturated heterocycles. The molecule has 0 unspecified atom stereocenters. The number of methoxy groups -OCH3 is 1. The average molecular weight is 322 g/mol. The standard InChI is InChI=1S/C15H23BN2O3S/c1-14(2)15(3,4)21-16(20-14)10(9-22)8-11-6-7-12(17)13(18-11)19-5/h6-8,22H,9,17H2,1-5H3. The highest BCUT2D eigenvalue weighted by Gasteiger charge is 2.52. The second-order valence-corrected chi connectivity index (χ2v) is 6.62. The van der Waals surface area contributed by atoms with Crippen molar-refractivity contribution in [3.8, 4) is 5.88 Å². The number of aromatic nitrogens is 1. The maximum absolute atomic E-state index is 6.05. The van der Waals surface area contributed by atoms with Gasteiger partial charge in [0.05, 0.1) is 29.7 Å². The molecule has 5 nitrogen and oxygen atoms in total. The number of rotatable bonds is 4. The first kappa shape index (κ1) is 17.2. The minimum absolute atomic E-state index is 0.383. The molecular formula is C15H23BN2O3S. The normalized spacial score (nSPS) is 20.3. The van der Waals surface area contributed by atoms with Crippen molar-refractivity contribution in [2.75, 3.05) is 18.6 Å². The smallest absolute Gasteiger partial charge is 0.480 e. The topological polar surface area (TPSA) is 66.6 Å². The summed E-state index contributed by atoms with van der Waals surface area (Å²) in [7, 11) is 1.10. The Morgan fingerprint density at radius 2 is 1.91 bits per heavy atom. The van der Waals surface area contributed by atoms with Gasteiger partial charge in [-0.2, -0.15) is 12.6 Å². The van der Waals surface area contributed by atoms with Crippen LogP contribution in [0.4, 0.5) is 5.69 Å². The predicted molar refractivity (Wildman–Crippen MR) is 93.1 cm³/mol.